The number of nitriles is 1. The van der Waals surface area contributed by atoms with Crippen LogP contribution in [-0.2, 0) is 4.79 Å². The normalized spacial score (nSPS) is 9.76. The molecule has 4 nitrogen and oxygen atoms in total. The van der Waals surface area contributed by atoms with Crippen LogP contribution in [-0.4, -0.2) is 12.5 Å². The summed E-state index contributed by atoms with van der Waals surface area (Å²) in [6, 6.07) is 14.5. The molecular weight excluding hydrogens is 286 g/mol. The van der Waals surface area contributed by atoms with Gasteiger partial charge in [-0.2, -0.15) is 5.26 Å². The van der Waals surface area contributed by atoms with Crippen LogP contribution in [0.2, 0.25) is 5.02 Å². The quantitative estimate of drug-likeness (QED) is 0.907. The van der Waals surface area contributed by atoms with E-state index in [1.54, 1.807) is 18.2 Å². The molecule has 0 unspecified atom stereocenters. The summed E-state index contributed by atoms with van der Waals surface area (Å²) in [5.74, 6) is -0.181. The Hall–Kier alpha value is -2.51. The number of halogens is 1. The van der Waals surface area contributed by atoms with Gasteiger partial charge in [-0.25, -0.2) is 0 Å². The Kier molecular flexibility index (Phi) is 4.81. The number of amides is 1. The molecule has 5 heteroatoms. The highest BCUT2D eigenvalue weighted by Gasteiger charge is 2.06. The molecule has 2 N–H and O–H groups in total. The Labute approximate surface area is 128 Å². The minimum Gasteiger partial charge on any atom is -0.375 e. The van der Waals surface area contributed by atoms with Crippen molar-refractivity contribution >= 4 is 28.9 Å². The third kappa shape index (κ3) is 4.23. The number of hydrogen-bond acceptors (Lipinski definition) is 3. The van der Waals surface area contributed by atoms with Gasteiger partial charge in [0.25, 0.3) is 0 Å². The maximum atomic E-state index is 11.9. The highest BCUT2D eigenvalue weighted by Crippen LogP contribution is 2.22. The van der Waals surface area contributed by atoms with Gasteiger partial charge in [0.2, 0.25) is 5.91 Å². The zero-order valence-corrected chi connectivity index (χ0v) is 12.2. The van der Waals surface area contributed by atoms with Crippen LogP contribution in [0.3, 0.4) is 0 Å². The maximum Gasteiger partial charge on any atom is 0.243 e. The molecule has 0 heterocycles. The topological polar surface area (TPSA) is 64.9 Å². The van der Waals surface area contributed by atoms with Crippen LogP contribution < -0.4 is 10.6 Å². The summed E-state index contributed by atoms with van der Waals surface area (Å²) in [5, 5.41) is 15.0. The number of anilines is 2. The molecule has 0 aliphatic rings. The van der Waals surface area contributed by atoms with Crippen molar-refractivity contribution < 1.29 is 4.79 Å². The van der Waals surface area contributed by atoms with Gasteiger partial charge in [-0.05, 0) is 42.8 Å². The molecule has 0 spiro atoms. The highest BCUT2D eigenvalue weighted by atomic mass is 35.5. The molecular formula is C16H14ClN3O. The molecule has 21 heavy (non-hydrogen) atoms. The van der Waals surface area contributed by atoms with E-state index >= 15 is 0 Å². The minimum absolute atomic E-state index is 0.0720. The molecule has 0 atom stereocenters. The second-order valence-corrected chi connectivity index (χ2v) is 4.98. The van der Waals surface area contributed by atoms with Crippen molar-refractivity contribution in [1.29, 1.82) is 5.26 Å². The first kappa shape index (κ1) is 14.9. The monoisotopic (exact) mass is 299 g/mol. The summed E-state index contributed by atoms with van der Waals surface area (Å²) in [7, 11) is 0. The van der Waals surface area contributed by atoms with Crippen molar-refractivity contribution in [3.8, 4) is 6.07 Å². The van der Waals surface area contributed by atoms with Gasteiger partial charge in [0, 0.05) is 5.69 Å². The van der Waals surface area contributed by atoms with Crippen molar-refractivity contribution in [2.45, 2.75) is 6.92 Å². The van der Waals surface area contributed by atoms with Gasteiger partial charge < -0.3 is 10.6 Å². The van der Waals surface area contributed by atoms with Crippen LogP contribution in [0.4, 0.5) is 11.4 Å². The fourth-order valence-corrected chi connectivity index (χ4v) is 2.02. The number of hydrogen-bond donors (Lipinski definition) is 2. The molecule has 2 aromatic carbocycles. The first-order chi connectivity index (χ1) is 10.1. The van der Waals surface area contributed by atoms with Gasteiger partial charge in [-0.1, -0.05) is 23.7 Å². The number of nitrogens with zero attached hydrogens (tertiary/aromatic N) is 1. The highest BCUT2D eigenvalue weighted by molar-refractivity contribution is 6.33. The predicted molar refractivity (Wildman–Crippen MR) is 84.5 cm³/mol. The summed E-state index contributed by atoms with van der Waals surface area (Å²) in [5.41, 5.74) is 2.88. The van der Waals surface area contributed by atoms with E-state index in [4.69, 9.17) is 16.9 Å². The van der Waals surface area contributed by atoms with E-state index in [1.165, 1.54) is 0 Å². The van der Waals surface area contributed by atoms with Crippen LogP contribution in [0.1, 0.15) is 11.1 Å². The molecule has 0 saturated carbocycles. The molecule has 0 aliphatic carbocycles. The summed E-state index contributed by atoms with van der Waals surface area (Å²) in [6.45, 7) is 2.03. The first-order valence-electron chi connectivity index (χ1n) is 6.38. The zero-order valence-electron chi connectivity index (χ0n) is 11.5. The standard InChI is InChI=1S/C16H14ClN3O/c1-11-3-2-4-13(7-11)20-16(21)10-19-15-8-12(9-18)5-6-14(15)17/h2-8,19H,10H2,1H3,(H,20,21). The predicted octanol–water partition coefficient (Wildman–Crippen LogP) is 3.57. The van der Waals surface area contributed by atoms with Crippen molar-refractivity contribution in [3.63, 3.8) is 0 Å². The van der Waals surface area contributed by atoms with Crippen molar-refractivity contribution in [2.75, 3.05) is 17.2 Å². The molecule has 0 saturated heterocycles. The Morgan fingerprint density at radius 3 is 2.81 bits per heavy atom. The van der Waals surface area contributed by atoms with Crippen molar-refractivity contribution in [1.82, 2.24) is 0 Å². The number of carbonyl (C=O) groups excluding carboxylic acids is 1. The van der Waals surface area contributed by atoms with Crippen LogP contribution in [0.5, 0.6) is 0 Å². The fourth-order valence-electron chi connectivity index (χ4n) is 1.83. The Balaban J connectivity index is 1.97. The average Bonchev–Trinajstić information content (AvgIpc) is 2.46. The first-order valence-corrected chi connectivity index (χ1v) is 6.76. The molecule has 0 bridgehead atoms. The van der Waals surface area contributed by atoms with Crippen LogP contribution in [0, 0.1) is 18.3 Å². The molecule has 106 valence electrons. The van der Waals surface area contributed by atoms with Crippen molar-refractivity contribution in [2.24, 2.45) is 0 Å². The van der Waals surface area contributed by atoms with Gasteiger partial charge in [0.1, 0.15) is 0 Å². The summed E-state index contributed by atoms with van der Waals surface area (Å²) in [4.78, 5) is 11.9. The number of nitrogens with one attached hydrogen (secondary N) is 2. The SMILES string of the molecule is Cc1cccc(NC(=O)CNc2cc(C#N)ccc2Cl)c1. The van der Waals surface area contributed by atoms with E-state index < -0.39 is 0 Å². The lowest BCUT2D eigenvalue weighted by Gasteiger charge is -2.10. The van der Waals surface area contributed by atoms with Gasteiger partial charge in [0.15, 0.2) is 0 Å². The minimum atomic E-state index is -0.181. The number of aryl methyl sites for hydroxylation is 1. The van der Waals surface area contributed by atoms with Crippen LogP contribution >= 0.6 is 11.6 Å². The van der Waals surface area contributed by atoms with E-state index in [-0.39, 0.29) is 12.5 Å². The smallest absolute Gasteiger partial charge is 0.243 e. The summed E-state index contributed by atoms with van der Waals surface area (Å²) >= 11 is 6.01. The number of rotatable bonds is 4. The molecule has 0 radical (unpaired) electrons. The van der Waals surface area contributed by atoms with Crippen molar-refractivity contribution in [3.05, 3.63) is 58.6 Å². The zero-order chi connectivity index (χ0) is 15.2. The number of benzene rings is 2. The third-order valence-electron chi connectivity index (χ3n) is 2.84. The molecule has 0 fully saturated rings. The molecule has 1 amide bonds. The average molecular weight is 300 g/mol. The largest absolute Gasteiger partial charge is 0.375 e. The Morgan fingerprint density at radius 1 is 1.29 bits per heavy atom. The van der Waals surface area contributed by atoms with Crippen LogP contribution in [0.25, 0.3) is 0 Å². The van der Waals surface area contributed by atoms with Crippen LogP contribution in [0.15, 0.2) is 42.5 Å². The van der Waals surface area contributed by atoms with Gasteiger partial charge in [-0.15, -0.1) is 0 Å². The third-order valence-corrected chi connectivity index (χ3v) is 3.17. The second kappa shape index (κ2) is 6.78. The molecule has 2 rings (SSSR count). The summed E-state index contributed by atoms with van der Waals surface area (Å²) < 4.78 is 0. The maximum absolute atomic E-state index is 11.9. The second-order valence-electron chi connectivity index (χ2n) is 4.58. The van der Waals surface area contributed by atoms with Gasteiger partial charge in [-0.3, -0.25) is 4.79 Å². The molecule has 0 aromatic heterocycles. The lowest BCUT2D eigenvalue weighted by Crippen LogP contribution is -2.21. The lowest BCUT2D eigenvalue weighted by molar-refractivity contribution is -0.114. The van der Waals surface area contributed by atoms with E-state index in [1.807, 2.05) is 37.3 Å². The Bertz CT molecular complexity index is 707. The summed E-state index contributed by atoms with van der Waals surface area (Å²) in [6.07, 6.45) is 0. The van der Waals surface area contributed by atoms with E-state index in [9.17, 15) is 4.79 Å². The molecule has 2 aromatic rings. The molecule has 0 aliphatic heterocycles. The fraction of sp³-hybridized carbons (Fsp3) is 0.125. The van der Waals surface area contributed by atoms with Gasteiger partial charge in [0.05, 0.1) is 28.9 Å². The van der Waals surface area contributed by atoms with E-state index in [0.717, 1.165) is 11.3 Å². The van der Waals surface area contributed by atoms with E-state index in [2.05, 4.69) is 10.6 Å². The lowest BCUT2D eigenvalue weighted by atomic mass is 10.2. The number of carbonyl (C=O) groups is 1. The van der Waals surface area contributed by atoms with E-state index in [0.29, 0.717) is 16.3 Å². The van der Waals surface area contributed by atoms with Gasteiger partial charge >= 0.3 is 0 Å². The Morgan fingerprint density at radius 2 is 2.10 bits per heavy atom.